The van der Waals surface area contributed by atoms with Gasteiger partial charge in [0, 0.05) is 24.3 Å². The van der Waals surface area contributed by atoms with Gasteiger partial charge < -0.3 is 10.2 Å². The molecule has 0 radical (unpaired) electrons. The lowest BCUT2D eigenvalue weighted by atomic mass is 10.0. The van der Waals surface area contributed by atoms with Gasteiger partial charge in [-0.15, -0.1) is 0 Å². The third kappa shape index (κ3) is 2.78. The summed E-state index contributed by atoms with van der Waals surface area (Å²) in [6, 6.07) is 6.89. The maximum Gasteiger partial charge on any atom is 0.125 e. The Morgan fingerprint density at radius 1 is 1.41 bits per heavy atom. The zero-order chi connectivity index (χ0) is 12.5. The molecule has 1 aliphatic heterocycles. The molecule has 1 saturated heterocycles. The summed E-state index contributed by atoms with van der Waals surface area (Å²) >= 11 is 0. The van der Waals surface area contributed by atoms with Crippen molar-refractivity contribution in [1.82, 2.24) is 5.32 Å². The van der Waals surface area contributed by atoms with Gasteiger partial charge in [-0.2, -0.15) is 0 Å². The van der Waals surface area contributed by atoms with Crippen LogP contribution in [-0.4, -0.2) is 25.2 Å². The predicted octanol–water partition coefficient (Wildman–Crippen LogP) is 2.65. The van der Waals surface area contributed by atoms with Gasteiger partial charge in [-0.05, 0) is 44.5 Å². The van der Waals surface area contributed by atoms with E-state index in [-0.39, 0.29) is 11.4 Å². The van der Waals surface area contributed by atoms with Crippen molar-refractivity contribution in [1.29, 1.82) is 0 Å². The maximum atomic E-state index is 13.3. The molecule has 2 nitrogen and oxygen atoms in total. The Bertz CT molecular complexity index is 390. The quantitative estimate of drug-likeness (QED) is 0.806. The van der Waals surface area contributed by atoms with Crippen molar-refractivity contribution in [3.05, 3.63) is 30.1 Å². The standard InChI is InChI=1S/C14H21FN2/c1-11-8-16-10-14(2,3)17(9-11)13-6-4-5-12(15)7-13/h4-7,11,16H,8-10H2,1-3H3. The third-order valence-electron chi connectivity index (χ3n) is 3.40. The van der Waals surface area contributed by atoms with Gasteiger partial charge in [0.05, 0.1) is 0 Å². The van der Waals surface area contributed by atoms with Crippen LogP contribution in [0.15, 0.2) is 24.3 Å². The van der Waals surface area contributed by atoms with Crippen LogP contribution in [0.4, 0.5) is 10.1 Å². The summed E-state index contributed by atoms with van der Waals surface area (Å²) in [5, 5.41) is 3.47. The summed E-state index contributed by atoms with van der Waals surface area (Å²) in [4.78, 5) is 2.31. The highest BCUT2D eigenvalue weighted by molar-refractivity contribution is 5.49. The molecule has 0 bridgehead atoms. The Morgan fingerprint density at radius 3 is 2.88 bits per heavy atom. The van der Waals surface area contributed by atoms with Crippen molar-refractivity contribution in [2.45, 2.75) is 26.3 Å². The summed E-state index contributed by atoms with van der Waals surface area (Å²) in [5.74, 6) is 0.406. The van der Waals surface area contributed by atoms with Crippen molar-refractivity contribution in [2.24, 2.45) is 5.92 Å². The largest absolute Gasteiger partial charge is 0.365 e. The number of nitrogens with zero attached hydrogens (tertiary/aromatic N) is 1. The molecule has 1 heterocycles. The summed E-state index contributed by atoms with van der Waals surface area (Å²) in [6.45, 7) is 9.53. The first-order chi connectivity index (χ1) is 7.99. The van der Waals surface area contributed by atoms with Crippen molar-refractivity contribution in [3.8, 4) is 0 Å². The van der Waals surface area contributed by atoms with Crippen LogP contribution in [0.5, 0.6) is 0 Å². The van der Waals surface area contributed by atoms with Crippen molar-refractivity contribution in [2.75, 3.05) is 24.5 Å². The van der Waals surface area contributed by atoms with Crippen LogP contribution >= 0.6 is 0 Å². The molecule has 0 amide bonds. The van der Waals surface area contributed by atoms with E-state index in [1.807, 2.05) is 6.07 Å². The molecule has 0 saturated carbocycles. The third-order valence-corrected chi connectivity index (χ3v) is 3.40. The van der Waals surface area contributed by atoms with Crippen LogP contribution < -0.4 is 10.2 Å². The molecule has 17 heavy (non-hydrogen) atoms. The lowest BCUT2D eigenvalue weighted by Crippen LogP contribution is -2.49. The fourth-order valence-corrected chi connectivity index (χ4v) is 2.44. The minimum absolute atomic E-state index is 0.0125. The second-order valence-corrected chi connectivity index (χ2v) is 5.64. The first-order valence-electron chi connectivity index (χ1n) is 6.23. The van der Waals surface area contributed by atoms with Crippen molar-refractivity contribution >= 4 is 5.69 Å². The van der Waals surface area contributed by atoms with Crippen LogP contribution in [-0.2, 0) is 0 Å². The summed E-state index contributed by atoms with van der Waals surface area (Å²) < 4.78 is 13.3. The van der Waals surface area contributed by atoms with Gasteiger partial charge in [0.15, 0.2) is 0 Å². The molecule has 1 aromatic rings. The molecular formula is C14H21FN2. The molecular weight excluding hydrogens is 215 g/mol. The molecule has 0 spiro atoms. The highest BCUT2D eigenvalue weighted by Crippen LogP contribution is 2.27. The van der Waals surface area contributed by atoms with E-state index in [1.165, 1.54) is 6.07 Å². The summed E-state index contributed by atoms with van der Waals surface area (Å²) in [7, 11) is 0. The molecule has 1 aromatic carbocycles. The predicted molar refractivity (Wildman–Crippen MR) is 69.9 cm³/mol. The zero-order valence-electron chi connectivity index (χ0n) is 10.8. The van der Waals surface area contributed by atoms with E-state index in [9.17, 15) is 4.39 Å². The van der Waals surface area contributed by atoms with Gasteiger partial charge in [-0.1, -0.05) is 13.0 Å². The zero-order valence-corrected chi connectivity index (χ0v) is 10.8. The molecule has 0 aliphatic carbocycles. The van der Waals surface area contributed by atoms with Gasteiger partial charge in [-0.25, -0.2) is 4.39 Å². The Hall–Kier alpha value is -1.09. The monoisotopic (exact) mass is 236 g/mol. The highest BCUT2D eigenvalue weighted by Gasteiger charge is 2.30. The van der Waals surface area contributed by atoms with E-state index in [0.29, 0.717) is 5.92 Å². The van der Waals surface area contributed by atoms with Gasteiger partial charge in [0.2, 0.25) is 0 Å². The van der Waals surface area contributed by atoms with Crippen LogP contribution in [0.3, 0.4) is 0 Å². The molecule has 1 N–H and O–H groups in total. The molecule has 2 rings (SSSR count). The average molecular weight is 236 g/mol. The summed E-state index contributed by atoms with van der Waals surface area (Å²) in [5.41, 5.74) is 0.990. The number of hydrogen-bond acceptors (Lipinski definition) is 2. The average Bonchev–Trinajstić information content (AvgIpc) is 2.37. The Kier molecular flexibility index (Phi) is 3.38. The first kappa shape index (κ1) is 12.4. The SMILES string of the molecule is CC1CNCC(C)(C)N(c2cccc(F)c2)C1. The van der Waals surface area contributed by atoms with Crippen molar-refractivity contribution < 1.29 is 4.39 Å². The minimum atomic E-state index is -0.164. The van der Waals surface area contributed by atoms with E-state index in [2.05, 4.69) is 31.0 Å². The number of nitrogens with one attached hydrogen (secondary N) is 1. The minimum Gasteiger partial charge on any atom is -0.365 e. The smallest absolute Gasteiger partial charge is 0.125 e. The number of benzene rings is 1. The first-order valence-corrected chi connectivity index (χ1v) is 6.23. The number of hydrogen-bond donors (Lipinski definition) is 1. The fourth-order valence-electron chi connectivity index (χ4n) is 2.44. The molecule has 0 aromatic heterocycles. The van der Waals surface area contributed by atoms with E-state index < -0.39 is 0 Å². The van der Waals surface area contributed by atoms with Crippen LogP contribution in [0.2, 0.25) is 0 Å². The van der Waals surface area contributed by atoms with Gasteiger partial charge in [-0.3, -0.25) is 0 Å². The maximum absolute atomic E-state index is 13.3. The molecule has 1 aliphatic rings. The number of anilines is 1. The van der Waals surface area contributed by atoms with Crippen LogP contribution in [0.1, 0.15) is 20.8 Å². The van der Waals surface area contributed by atoms with Gasteiger partial charge in [0.25, 0.3) is 0 Å². The van der Waals surface area contributed by atoms with E-state index in [4.69, 9.17) is 0 Å². The van der Waals surface area contributed by atoms with Crippen LogP contribution in [0.25, 0.3) is 0 Å². The topological polar surface area (TPSA) is 15.3 Å². The Labute approximate surface area is 103 Å². The summed E-state index contributed by atoms with van der Waals surface area (Å²) in [6.07, 6.45) is 0. The van der Waals surface area contributed by atoms with E-state index in [1.54, 1.807) is 12.1 Å². The second-order valence-electron chi connectivity index (χ2n) is 5.64. The molecule has 1 fully saturated rings. The van der Waals surface area contributed by atoms with Crippen LogP contribution in [0, 0.1) is 11.7 Å². The molecule has 1 unspecified atom stereocenters. The fraction of sp³-hybridized carbons (Fsp3) is 0.571. The second kappa shape index (κ2) is 4.65. The van der Waals surface area contributed by atoms with E-state index >= 15 is 0 Å². The highest BCUT2D eigenvalue weighted by atomic mass is 19.1. The Morgan fingerprint density at radius 2 is 2.18 bits per heavy atom. The molecule has 1 atom stereocenters. The normalized spacial score (nSPS) is 24.5. The van der Waals surface area contributed by atoms with Gasteiger partial charge >= 0.3 is 0 Å². The van der Waals surface area contributed by atoms with Gasteiger partial charge in [0.1, 0.15) is 5.82 Å². The molecule has 94 valence electrons. The lowest BCUT2D eigenvalue weighted by Gasteiger charge is -2.39. The number of rotatable bonds is 1. The Balaban J connectivity index is 2.32. The van der Waals surface area contributed by atoms with Crippen molar-refractivity contribution in [3.63, 3.8) is 0 Å². The molecule has 3 heteroatoms. The van der Waals surface area contributed by atoms with E-state index in [0.717, 1.165) is 25.3 Å². The number of halogens is 1. The lowest BCUT2D eigenvalue weighted by molar-refractivity contribution is 0.459.